The molecule has 86 valence electrons. The number of hydrogen-bond acceptors (Lipinski definition) is 4. The van der Waals surface area contributed by atoms with E-state index in [2.05, 4.69) is 15.3 Å². The minimum Gasteiger partial charge on any atom is -0.399 e. The largest absolute Gasteiger partial charge is 0.399 e. The van der Waals surface area contributed by atoms with E-state index in [4.69, 9.17) is 17.3 Å². The number of rotatable bonds is 2. The summed E-state index contributed by atoms with van der Waals surface area (Å²) in [5.41, 5.74) is 6.63. The van der Waals surface area contributed by atoms with Crippen LogP contribution in [0.4, 0.5) is 11.5 Å². The van der Waals surface area contributed by atoms with Crippen LogP contribution in [0.3, 0.4) is 0 Å². The van der Waals surface area contributed by atoms with Gasteiger partial charge in [0.1, 0.15) is 5.82 Å². The molecule has 17 heavy (non-hydrogen) atoms. The maximum absolute atomic E-state index is 11.8. The molecule has 0 bridgehead atoms. The van der Waals surface area contributed by atoms with Crippen molar-refractivity contribution in [1.29, 1.82) is 0 Å². The first-order valence-electron chi connectivity index (χ1n) is 4.80. The van der Waals surface area contributed by atoms with Crippen LogP contribution in [0.5, 0.6) is 0 Å². The molecule has 6 heteroatoms. The fraction of sp³-hybridized carbons (Fsp3) is 0. The molecular weight excluding hydrogens is 240 g/mol. The van der Waals surface area contributed by atoms with Crippen molar-refractivity contribution in [3.8, 4) is 0 Å². The number of benzene rings is 1. The Balaban J connectivity index is 2.14. The van der Waals surface area contributed by atoms with Gasteiger partial charge in [-0.05, 0) is 41.9 Å². The first-order chi connectivity index (χ1) is 8.15. The molecule has 0 atom stereocenters. The number of nitrogens with one attached hydrogen (secondary N) is 1. The average molecular weight is 249 g/mol. The lowest BCUT2D eigenvalue weighted by Crippen LogP contribution is -2.13. The first kappa shape index (κ1) is 11.3. The third-order valence-electron chi connectivity index (χ3n) is 2.04. The molecule has 0 spiro atoms. The molecular formula is C11H9ClN4O. The van der Waals surface area contributed by atoms with E-state index in [-0.39, 0.29) is 11.2 Å². The van der Waals surface area contributed by atoms with Gasteiger partial charge in [0.15, 0.2) is 0 Å². The zero-order valence-electron chi connectivity index (χ0n) is 8.72. The summed E-state index contributed by atoms with van der Waals surface area (Å²) in [6.07, 6.45) is 1.47. The second kappa shape index (κ2) is 4.80. The highest BCUT2D eigenvalue weighted by Gasteiger charge is 2.06. The van der Waals surface area contributed by atoms with E-state index >= 15 is 0 Å². The third-order valence-corrected chi connectivity index (χ3v) is 2.22. The number of anilines is 2. The van der Waals surface area contributed by atoms with Crippen LogP contribution in [0.25, 0.3) is 0 Å². The van der Waals surface area contributed by atoms with Crippen molar-refractivity contribution in [3.05, 3.63) is 47.4 Å². The Labute approximate surface area is 103 Å². The maximum atomic E-state index is 11.8. The van der Waals surface area contributed by atoms with Crippen LogP contribution < -0.4 is 11.1 Å². The van der Waals surface area contributed by atoms with Crippen molar-refractivity contribution < 1.29 is 4.79 Å². The summed E-state index contributed by atoms with van der Waals surface area (Å²) in [6.45, 7) is 0. The van der Waals surface area contributed by atoms with Crippen molar-refractivity contribution in [2.45, 2.75) is 0 Å². The summed E-state index contributed by atoms with van der Waals surface area (Å²) in [4.78, 5) is 19.4. The SMILES string of the molecule is Nc1ccc(C(=O)Nc2ccnc(Cl)n2)cc1. The predicted octanol–water partition coefficient (Wildman–Crippen LogP) is 1.96. The van der Waals surface area contributed by atoms with Gasteiger partial charge in [-0.25, -0.2) is 9.97 Å². The second-order valence-electron chi connectivity index (χ2n) is 3.29. The molecule has 0 radical (unpaired) electrons. The Hall–Kier alpha value is -2.14. The Bertz CT molecular complexity index is 541. The van der Waals surface area contributed by atoms with Crippen LogP contribution in [0.2, 0.25) is 5.28 Å². The average Bonchev–Trinajstić information content (AvgIpc) is 2.29. The van der Waals surface area contributed by atoms with Gasteiger partial charge in [-0.1, -0.05) is 0 Å². The molecule has 0 fully saturated rings. The topological polar surface area (TPSA) is 80.9 Å². The number of nitrogens with zero attached hydrogens (tertiary/aromatic N) is 2. The fourth-order valence-electron chi connectivity index (χ4n) is 1.23. The summed E-state index contributed by atoms with van der Waals surface area (Å²) < 4.78 is 0. The summed E-state index contributed by atoms with van der Waals surface area (Å²) in [5, 5.41) is 2.69. The summed E-state index contributed by atoms with van der Waals surface area (Å²) in [6, 6.07) is 8.13. The fourth-order valence-corrected chi connectivity index (χ4v) is 1.37. The van der Waals surface area contributed by atoms with E-state index in [1.807, 2.05) is 0 Å². The number of aromatic nitrogens is 2. The molecule has 2 rings (SSSR count). The highest BCUT2D eigenvalue weighted by atomic mass is 35.5. The molecule has 0 unspecified atom stereocenters. The van der Waals surface area contributed by atoms with Crippen molar-refractivity contribution >= 4 is 29.0 Å². The normalized spacial score (nSPS) is 9.94. The van der Waals surface area contributed by atoms with Gasteiger partial charge in [0.2, 0.25) is 5.28 Å². The van der Waals surface area contributed by atoms with Crippen molar-refractivity contribution in [2.75, 3.05) is 11.1 Å². The van der Waals surface area contributed by atoms with Crippen LogP contribution >= 0.6 is 11.6 Å². The standard InChI is InChI=1S/C11H9ClN4O/c12-11-14-6-5-9(16-11)15-10(17)7-1-3-8(13)4-2-7/h1-6H,13H2,(H,14,15,16,17). The van der Waals surface area contributed by atoms with Crippen LogP contribution in [-0.4, -0.2) is 15.9 Å². The summed E-state index contributed by atoms with van der Waals surface area (Å²) >= 11 is 5.61. The van der Waals surface area contributed by atoms with Crippen LogP contribution in [0, 0.1) is 0 Å². The molecule has 5 nitrogen and oxygen atoms in total. The number of nitrogens with two attached hydrogens (primary N) is 1. The van der Waals surface area contributed by atoms with E-state index in [9.17, 15) is 4.79 Å². The van der Waals surface area contributed by atoms with Gasteiger partial charge in [0, 0.05) is 17.4 Å². The van der Waals surface area contributed by atoms with E-state index in [0.29, 0.717) is 17.1 Å². The van der Waals surface area contributed by atoms with Crippen molar-refractivity contribution in [2.24, 2.45) is 0 Å². The summed E-state index contributed by atoms with van der Waals surface area (Å²) in [5.74, 6) is 0.0755. The van der Waals surface area contributed by atoms with Gasteiger partial charge in [-0.3, -0.25) is 4.79 Å². The monoisotopic (exact) mass is 248 g/mol. The number of hydrogen-bond donors (Lipinski definition) is 2. The van der Waals surface area contributed by atoms with E-state index in [1.54, 1.807) is 30.3 Å². The van der Waals surface area contributed by atoms with Crippen LogP contribution in [-0.2, 0) is 0 Å². The van der Waals surface area contributed by atoms with Gasteiger partial charge in [0.25, 0.3) is 5.91 Å². The minimum absolute atomic E-state index is 0.0834. The highest BCUT2D eigenvalue weighted by Crippen LogP contribution is 2.10. The number of carbonyl (C=O) groups excluding carboxylic acids is 1. The van der Waals surface area contributed by atoms with Crippen LogP contribution in [0.15, 0.2) is 36.5 Å². The number of amides is 1. The van der Waals surface area contributed by atoms with Crippen molar-refractivity contribution in [3.63, 3.8) is 0 Å². The predicted molar refractivity (Wildman–Crippen MR) is 65.8 cm³/mol. The lowest BCUT2D eigenvalue weighted by atomic mass is 10.2. The lowest BCUT2D eigenvalue weighted by Gasteiger charge is -2.04. The molecule has 0 saturated heterocycles. The second-order valence-corrected chi connectivity index (χ2v) is 3.63. The number of halogens is 1. The molecule has 0 saturated carbocycles. The lowest BCUT2D eigenvalue weighted by molar-refractivity contribution is 0.102. The molecule has 1 amide bonds. The van der Waals surface area contributed by atoms with Crippen LogP contribution in [0.1, 0.15) is 10.4 Å². The first-order valence-corrected chi connectivity index (χ1v) is 5.18. The molecule has 0 aliphatic rings. The Morgan fingerprint density at radius 3 is 2.59 bits per heavy atom. The smallest absolute Gasteiger partial charge is 0.256 e. The molecule has 1 heterocycles. The number of carbonyl (C=O) groups is 1. The van der Waals surface area contributed by atoms with E-state index in [1.165, 1.54) is 6.20 Å². The van der Waals surface area contributed by atoms with E-state index < -0.39 is 0 Å². The third kappa shape index (κ3) is 2.92. The zero-order chi connectivity index (χ0) is 12.3. The highest BCUT2D eigenvalue weighted by molar-refractivity contribution is 6.28. The van der Waals surface area contributed by atoms with Gasteiger partial charge in [-0.2, -0.15) is 0 Å². The Morgan fingerprint density at radius 2 is 1.94 bits per heavy atom. The summed E-state index contributed by atoms with van der Waals surface area (Å²) in [7, 11) is 0. The Kier molecular flexibility index (Phi) is 3.20. The van der Waals surface area contributed by atoms with Crippen molar-refractivity contribution in [1.82, 2.24) is 9.97 Å². The quantitative estimate of drug-likeness (QED) is 0.629. The molecule has 3 N–H and O–H groups in total. The van der Waals surface area contributed by atoms with Gasteiger partial charge < -0.3 is 11.1 Å². The number of nitrogen functional groups attached to an aromatic ring is 1. The van der Waals surface area contributed by atoms with E-state index in [0.717, 1.165) is 0 Å². The molecule has 2 aromatic rings. The molecule has 0 aliphatic carbocycles. The van der Waals surface area contributed by atoms with Gasteiger partial charge in [-0.15, -0.1) is 0 Å². The molecule has 0 aliphatic heterocycles. The molecule has 1 aromatic heterocycles. The van der Waals surface area contributed by atoms with Gasteiger partial charge in [0.05, 0.1) is 0 Å². The van der Waals surface area contributed by atoms with Gasteiger partial charge >= 0.3 is 0 Å². The minimum atomic E-state index is -0.278. The maximum Gasteiger partial charge on any atom is 0.256 e. The molecule has 1 aromatic carbocycles. The Morgan fingerprint density at radius 1 is 1.24 bits per heavy atom. The zero-order valence-corrected chi connectivity index (χ0v) is 9.48.